The Bertz CT molecular complexity index is 570. The molecule has 23 heavy (non-hydrogen) atoms. The highest BCUT2D eigenvalue weighted by molar-refractivity contribution is 5.95. The number of nitro benzene ring substituents is 1. The third-order valence-electron chi connectivity index (χ3n) is 3.99. The fraction of sp³-hybridized carbons (Fsp3) is 0.562. The van der Waals surface area contributed by atoms with Gasteiger partial charge in [-0.25, -0.2) is 0 Å². The van der Waals surface area contributed by atoms with E-state index < -0.39 is 4.92 Å². The fourth-order valence-corrected chi connectivity index (χ4v) is 2.41. The van der Waals surface area contributed by atoms with Crippen molar-refractivity contribution in [3.05, 3.63) is 33.9 Å². The van der Waals surface area contributed by atoms with Crippen LogP contribution in [-0.2, 0) is 4.74 Å². The lowest BCUT2D eigenvalue weighted by atomic mass is 10.1. The highest BCUT2D eigenvalue weighted by atomic mass is 16.6. The molecule has 1 aromatic carbocycles. The second-order valence-corrected chi connectivity index (χ2v) is 5.79. The molecule has 0 radical (unpaired) electrons. The lowest BCUT2D eigenvalue weighted by molar-refractivity contribution is -0.384. The molecule has 126 valence electrons. The number of amides is 1. The number of hydrogen-bond donors (Lipinski definition) is 2. The van der Waals surface area contributed by atoms with Gasteiger partial charge in [0.1, 0.15) is 5.69 Å². The molecule has 1 aliphatic heterocycles. The molecular weight excluding hydrogens is 298 g/mol. The van der Waals surface area contributed by atoms with Crippen molar-refractivity contribution < 1.29 is 14.5 Å². The standard InChI is InChI=1S/C16H23N3O4/c1-3-11(2)18-16(20)12-6-7-14(15(9-12)19(21)22)17-10-13-5-4-8-23-13/h6-7,9,11,13,17H,3-5,8,10H2,1-2H3,(H,18,20)/t11-,13-/m1/s1. The molecule has 1 amide bonds. The van der Waals surface area contributed by atoms with Crippen molar-refractivity contribution in [3.8, 4) is 0 Å². The molecule has 1 aliphatic rings. The summed E-state index contributed by atoms with van der Waals surface area (Å²) in [6.07, 6.45) is 2.86. The van der Waals surface area contributed by atoms with Crippen LogP contribution in [0, 0.1) is 10.1 Å². The smallest absolute Gasteiger partial charge is 0.293 e. The highest BCUT2D eigenvalue weighted by Gasteiger charge is 2.20. The van der Waals surface area contributed by atoms with Crippen LogP contribution in [0.1, 0.15) is 43.5 Å². The number of carbonyl (C=O) groups excluding carboxylic acids is 1. The summed E-state index contributed by atoms with van der Waals surface area (Å²) in [6, 6.07) is 4.52. The van der Waals surface area contributed by atoms with Crippen molar-refractivity contribution in [2.24, 2.45) is 0 Å². The topological polar surface area (TPSA) is 93.5 Å². The minimum Gasteiger partial charge on any atom is -0.377 e. The van der Waals surface area contributed by atoms with Crippen molar-refractivity contribution >= 4 is 17.3 Å². The summed E-state index contributed by atoms with van der Waals surface area (Å²) in [5, 5.41) is 17.1. The third kappa shape index (κ3) is 4.66. The van der Waals surface area contributed by atoms with Gasteiger partial charge < -0.3 is 15.4 Å². The van der Waals surface area contributed by atoms with Crippen molar-refractivity contribution in [1.29, 1.82) is 0 Å². The number of carbonyl (C=O) groups is 1. The van der Waals surface area contributed by atoms with Crippen LogP contribution in [0.5, 0.6) is 0 Å². The van der Waals surface area contributed by atoms with Crippen LogP contribution < -0.4 is 10.6 Å². The van der Waals surface area contributed by atoms with Gasteiger partial charge in [-0.3, -0.25) is 14.9 Å². The Morgan fingerprint density at radius 2 is 2.30 bits per heavy atom. The molecule has 2 atom stereocenters. The molecule has 0 saturated carbocycles. The molecule has 2 N–H and O–H groups in total. The number of anilines is 1. The van der Waals surface area contributed by atoms with Gasteiger partial charge in [0.05, 0.1) is 11.0 Å². The van der Waals surface area contributed by atoms with Crippen LogP contribution in [0.4, 0.5) is 11.4 Å². The van der Waals surface area contributed by atoms with Gasteiger partial charge in [0.2, 0.25) is 0 Å². The first-order valence-electron chi connectivity index (χ1n) is 7.96. The normalized spacial score (nSPS) is 18.4. The Morgan fingerprint density at radius 3 is 2.91 bits per heavy atom. The second-order valence-electron chi connectivity index (χ2n) is 5.79. The molecule has 0 aromatic heterocycles. The van der Waals surface area contributed by atoms with Gasteiger partial charge in [0.15, 0.2) is 0 Å². The maximum Gasteiger partial charge on any atom is 0.293 e. The predicted molar refractivity (Wildman–Crippen MR) is 87.8 cm³/mol. The number of ether oxygens (including phenoxy) is 1. The monoisotopic (exact) mass is 321 g/mol. The summed E-state index contributed by atoms with van der Waals surface area (Å²) < 4.78 is 5.50. The summed E-state index contributed by atoms with van der Waals surface area (Å²) in [4.78, 5) is 22.9. The maximum atomic E-state index is 12.1. The number of benzene rings is 1. The van der Waals surface area contributed by atoms with Crippen LogP contribution in [0.2, 0.25) is 0 Å². The van der Waals surface area contributed by atoms with E-state index in [4.69, 9.17) is 4.74 Å². The van der Waals surface area contributed by atoms with Gasteiger partial charge in [-0.2, -0.15) is 0 Å². The molecule has 1 aromatic rings. The zero-order valence-electron chi connectivity index (χ0n) is 13.5. The fourth-order valence-electron chi connectivity index (χ4n) is 2.41. The number of rotatable bonds is 7. The summed E-state index contributed by atoms with van der Waals surface area (Å²) >= 11 is 0. The van der Waals surface area contributed by atoms with Crippen LogP contribution in [0.3, 0.4) is 0 Å². The molecule has 1 heterocycles. The average molecular weight is 321 g/mol. The van der Waals surface area contributed by atoms with Crippen molar-refractivity contribution in [2.45, 2.75) is 45.3 Å². The molecule has 7 heteroatoms. The van der Waals surface area contributed by atoms with Gasteiger partial charge >= 0.3 is 0 Å². The Kier molecular flexibility index (Phi) is 5.92. The molecule has 0 aliphatic carbocycles. The number of nitrogens with zero attached hydrogens (tertiary/aromatic N) is 1. The summed E-state index contributed by atoms with van der Waals surface area (Å²) in [5.41, 5.74) is 0.602. The molecule has 1 fully saturated rings. The Hall–Kier alpha value is -2.15. The van der Waals surface area contributed by atoms with Crippen LogP contribution in [0.25, 0.3) is 0 Å². The Morgan fingerprint density at radius 1 is 1.52 bits per heavy atom. The van der Waals surface area contributed by atoms with E-state index in [9.17, 15) is 14.9 Å². The second kappa shape index (κ2) is 7.92. The lowest BCUT2D eigenvalue weighted by Crippen LogP contribution is -2.31. The molecule has 7 nitrogen and oxygen atoms in total. The Labute approximate surface area is 135 Å². The Balaban J connectivity index is 2.10. The van der Waals surface area contributed by atoms with Crippen molar-refractivity contribution in [3.63, 3.8) is 0 Å². The summed E-state index contributed by atoms with van der Waals surface area (Å²) in [5.74, 6) is -0.298. The van der Waals surface area contributed by atoms with Gasteiger partial charge in [-0.1, -0.05) is 6.92 Å². The SMILES string of the molecule is CC[C@@H](C)NC(=O)c1ccc(NC[C@H]2CCCO2)c([N+](=O)[O-])c1. The van der Waals surface area contributed by atoms with Gasteiger partial charge in [-0.15, -0.1) is 0 Å². The zero-order valence-corrected chi connectivity index (χ0v) is 13.5. The van der Waals surface area contributed by atoms with Crippen molar-refractivity contribution in [2.75, 3.05) is 18.5 Å². The van der Waals surface area contributed by atoms with E-state index in [-0.39, 0.29) is 23.7 Å². The summed E-state index contributed by atoms with van der Waals surface area (Å²) in [6.45, 7) is 5.12. The maximum absolute atomic E-state index is 12.1. The number of nitro groups is 1. The van der Waals surface area contributed by atoms with Crippen LogP contribution >= 0.6 is 0 Å². The molecular formula is C16H23N3O4. The van der Waals surface area contributed by atoms with Crippen LogP contribution in [0.15, 0.2) is 18.2 Å². The minimum atomic E-state index is -0.474. The number of hydrogen-bond acceptors (Lipinski definition) is 5. The molecule has 0 bridgehead atoms. The van der Waals surface area contributed by atoms with Gasteiger partial charge in [0.25, 0.3) is 11.6 Å². The summed E-state index contributed by atoms with van der Waals surface area (Å²) in [7, 11) is 0. The highest BCUT2D eigenvalue weighted by Crippen LogP contribution is 2.26. The van der Waals surface area contributed by atoms with E-state index in [2.05, 4.69) is 10.6 Å². The predicted octanol–water partition coefficient (Wildman–Crippen LogP) is 2.71. The van der Waals surface area contributed by atoms with E-state index in [1.807, 2.05) is 13.8 Å². The van der Waals surface area contributed by atoms with Gasteiger partial charge in [0, 0.05) is 30.8 Å². The zero-order chi connectivity index (χ0) is 16.8. The van der Waals surface area contributed by atoms with E-state index >= 15 is 0 Å². The molecule has 2 rings (SSSR count). The van der Waals surface area contributed by atoms with Crippen molar-refractivity contribution in [1.82, 2.24) is 5.32 Å². The molecule has 0 unspecified atom stereocenters. The van der Waals surface area contributed by atoms with E-state index in [0.717, 1.165) is 25.9 Å². The van der Waals surface area contributed by atoms with E-state index in [1.165, 1.54) is 6.07 Å². The van der Waals surface area contributed by atoms with E-state index in [0.29, 0.717) is 17.8 Å². The minimum absolute atomic E-state index is 0.0267. The first kappa shape index (κ1) is 17.2. The molecule has 0 spiro atoms. The lowest BCUT2D eigenvalue weighted by Gasteiger charge is -2.14. The first-order valence-corrected chi connectivity index (χ1v) is 7.96. The quantitative estimate of drug-likeness (QED) is 0.595. The largest absolute Gasteiger partial charge is 0.377 e. The van der Waals surface area contributed by atoms with Crippen LogP contribution in [-0.4, -0.2) is 36.1 Å². The first-order chi connectivity index (χ1) is 11.0. The average Bonchev–Trinajstić information content (AvgIpc) is 3.05. The number of nitrogens with one attached hydrogen (secondary N) is 2. The van der Waals surface area contributed by atoms with E-state index in [1.54, 1.807) is 12.1 Å². The molecule has 1 saturated heterocycles. The van der Waals surface area contributed by atoms with Gasteiger partial charge in [-0.05, 0) is 38.3 Å². The third-order valence-corrected chi connectivity index (χ3v) is 3.99.